The summed E-state index contributed by atoms with van der Waals surface area (Å²) in [6.45, 7) is 1.89. The van der Waals surface area contributed by atoms with Crippen LogP contribution < -0.4 is 5.73 Å². The Morgan fingerprint density at radius 2 is 2.10 bits per heavy atom. The standard InChI is InChI=1S/C4H7NO2.C2H5Cl/c5-4(1-2-4)3(6)7;1-2-3/h1-2,5H2,(H,6,7);2H2,1H3. The fraction of sp³-hybridized carbons (Fsp3) is 0.833. The molecule has 0 aliphatic heterocycles. The zero-order valence-electron chi connectivity index (χ0n) is 5.93. The maximum absolute atomic E-state index is 9.96. The summed E-state index contributed by atoms with van der Waals surface area (Å²) in [6, 6.07) is 0. The third kappa shape index (κ3) is 3.03. The van der Waals surface area contributed by atoms with Crippen molar-refractivity contribution in [2.45, 2.75) is 25.3 Å². The first-order chi connectivity index (χ1) is 4.56. The van der Waals surface area contributed by atoms with Crippen molar-refractivity contribution in [3.63, 3.8) is 0 Å². The van der Waals surface area contributed by atoms with Crippen LogP contribution in [0.4, 0.5) is 0 Å². The number of carbonyl (C=O) groups is 1. The molecule has 0 atom stereocenters. The molecule has 0 unspecified atom stereocenters. The summed E-state index contributed by atoms with van der Waals surface area (Å²) in [6.07, 6.45) is 1.28. The minimum Gasteiger partial charge on any atom is -0.480 e. The van der Waals surface area contributed by atoms with E-state index in [0.717, 1.165) is 5.88 Å². The number of carboxylic acid groups (broad SMARTS) is 1. The number of rotatable bonds is 1. The summed E-state index contributed by atoms with van der Waals surface area (Å²) in [5.74, 6) is -0.146. The summed E-state index contributed by atoms with van der Waals surface area (Å²) < 4.78 is 0. The second kappa shape index (κ2) is 3.78. The fourth-order valence-corrected chi connectivity index (χ4v) is 0.349. The lowest BCUT2D eigenvalue weighted by atomic mass is 10.3. The summed E-state index contributed by atoms with van der Waals surface area (Å²) in [7, 11) is 0. The van der Waals surface area contributed by atoms with Gasteiger partial charge in [0.1, 0.15) is 5.54 Å². The van der Waals surface area contributed by atoms with E-state index in [1.54, 1.807) is 0 Å². The Bertz CT molecular complexity index is 123. The second-order valence-electron chi connectivity index (χ2n) is 2.23. The Kier molecular flexibility index (Phi) is 3.68. The molecule has 0 spiro atoms. The minimum absolute atomic E-state index is 0.641. The van der Waals surface area contributed by atoms with Gasteiger partial charge in [-0.2, -0.15) is 0 Å². The number of alkyl halides is 1. The lowest BCUT2D eigenvalue weighted by molar-refractivity contribution is -0.139. The molecule has 0 saturated heterocycles. The van der Waals surface area contributed by atoms with E-state index in [1.165, 1.54) is 0 Å². The van der Waals surface area contributed by atoms with Gasteiger partial charge < -0.3 is 10.8 Å². The summed E-state index contributed by atoms with van der Waals surface area (Å²) in [5.41, 5.74) is 4.36. The number of aliphatic carboxylic acids is 1. The highest BCUT2D eigenvalue weighted by molar-refractivity contribution is 6.17. The number of carboxylic acids is 1. The Hall–Kier alpha value is -0.280. The van der Waals surface area contributed by atoms with Gasteiger partial charge in [-0.15, -0.1) is 11.6 Å². The molecule has 1 saturated carbocycles. The summed E-state index contributed by atoms with van der Waals surface area (Å²) >= 11 is 5.00. The largest absolute Gasteiger partial charge is 0.480 e. The molecule has 0 aromatic heterocycles. The molecule has 0 radical (unpaired) electrons. The SMILES string of the molecule is CCCl.NC1(C(=O)O)CC1. The van der Waals surface area contributed by atoms with Gasteiger partial charge in [0.05, 0.1) is 0 Å². The third-order valence-electron chi connectivity index (χ3n) is 1.21. The van der Waals surface area contributed by atoms with Crippen LogP contribution in [0, 0.1) is 0 Å². The predicted molar refractivity (Wildman–Crippen MR) is 40.2 cm³/mol. The lowest BCUT2D eigenvalue weighted by Crippen LogP contribution is -2.31. The van der Waals surface area contributed by atoms with Crippen molar-refractivity contribution in [2.75, 3.05) is 5.88 Å². The monoisotopic (exact) mass is 165 g/mol. The van der Waals surface area contributed by atoms with Crippen molar-refractivity contribution in [3.8, 4) is 0 Å². The smallest absolute Gasteiger partial charge is 0.323 e. The van der Waals surface area contributed by atoms with E-state index in [1.807, 2.05) is 6.92 Å². The quantitative estimate of drug-likeness (QED) is 0.566. The van der Waals surface area contributed by atoms with Crippen LogP contribution in [0.1, 0.15) is 19.8 Å². The molecule has 0 aromatic rings. The molecule has 60 valence electrons. The van der Waals surface area contributed by atoms with E-state index in [9.17, 15) is 4.79 Å². The van der Waals surface area contributed by atoms with Gasteiger partial charge >= 0.3 is 5.97 Å². The molecular formula is C6H12ClNO2. The molecule has 1 aliphatic rings. The van der Waals surface area contributed by atoms with Crippen molar-refractivity contribution in [1.29, 1.82) is 0 Å². The molecule has 1 aliphatic carbocycles. The molecule has 3 nitrogen and oxygen atoms in total. The molecule has 0 heterocycles. The second-order valence-corrected chi connectivity index (χ2v) is 2.76. The van der Waals surface area contributed by atoms with Crippen LogP contribution in [0.25, 0.3) is 0 Å². The lowest BCUT2D eigenvalue weighted by Gasteiger charge is -1.95. The van der Waals surface area contributed by atoms with Crippen LogP contribution in [-0.4, -0.2) is 22.5 Å². The molecule has 10 heavy (non-hydrogen) atoms. The first-order valence-electron chi connectivity index (χ1n) is 3.15. The first-order valence-corrected chi connectivity index (χ1v) is 3.68. The maximum Gasteiger partial charge on any atom is 0.323 e. The highest BCUT2D eigenvalue weighted by Gasteiger charge is 2.46. The Labute approximate surface area is 65.2 Å². The Balaban J connectivity index is 0.000000236. The van der Waals surface area contributed by atoms with Gasteiger partial charge in [-0.3, -0.25) is 4.79 Å². The van der Waals surface area contributed by atoms with Gasteiger partial charge in [0.15, 0.2) is 0 Å². The van der Waals surface area contributed by atoms with Crippen molar-refractivity contribution < 1.29 is 9.90 Å². The van der Waals surface area contributed by atoms with E-state index in [2.05, 4.69) is 0 Å². The van der Waals surface area contributed by atoms with Crippen LogP contribution in [0.5, 0.6) is 0 Å². The number of halogens is 1. The molecule has 4 heteroatoms. The van der Waals surface area contributed by atoms with Gasteiger partial charge in [-0.1, -0.05) is 6.92 Å². The van der Waals surface area contributed by atoms with Crippen LogP contribution in [-0.2, 0) is 4.79 Å². The molecule has 1 rings (SSSR count). The van der Waals surface area contributed by atoms with E-state index >= 15 is 0 Å². The molecular weight excluding hydrogens is 154 g/mol. The van der Waals surface area contributed by atoms with E-state index in [4.69, 9.17) is 22.4 Å². The Morgan fingerprint density at radius 3 is 2.10 bits per heavy atom. The molecule has 0 bridgehead atoms. The van der Waals surface area contributed by atoms with Crippen molar-refractivity contribution in [2.24, 2.45) is 5.73 Å². The maximum atomic E-state index is 9.96. The average molecular weight is 166 g/mol. The highest BCUT2D eigenvalue weighted by atomic mass is 35.5. The van der Waals surface area contributed by atoms with Gasteiger partial charge in [0.2, 0.25) is 0 Å². The molecule has 0 amide bonds. The molecule has 0 aromatic carbocycles. The van der Waals surface area contributed by atoms with Gasteiger partial charge in [0.25, 0.3) is 0 Å². The molecule has 1 fully saturated rings. The summed E-state index contributed by atoms with van der Waals surface area (Å²) in [5, 5.41) is 8.19. The van der Waals surface area contributed by atoms with Gasteiger partial charge in [0, 0.05) is 5.88 Å². The van der Waals surface area contributed by atoms with Gasteiger partial charge in [-0.05, 0) is 12.8 Å². The molecule has 3 N–H and O–H groups in total. The van der Waals surface area contributed by atoms with E-state index < -0.39 is 11.5 Å². The number of hydrogen-bond donors (Lipinski definition) is 2. The van der Waals surface area contributed by atoms with Crippen molar-refractivity contribution >= 4 is 17.6 Å². The Morgan fingerprint density at radius 1 is 1.80 bits per heavy atom. The van der Waals surface area contributed by atoms with Crippen LogP contribution in [0.2, 0.25) is 0 Å². The number of nitrogens with two attached hydrogens (primary N) is 1. The first kappa shape index (κ1) is 9.72. The van der Waals surface area contributed by atoms with Crippen molar-refractivity contribution in [3.05, 3.63) is 0 Å². The fourth-order valence-electron chi connectivity index (χ4n) is 0.349. The van der Waals surface area contributed by atoms with E-state index in [-0.39, 0.29) is 0 Å². The number of hydrogen-bond acceptors (Lipinski definition) is 2. The summed E-state index contributed by atoms with van der Waals surface area (Å²) in [4.78, 5) is 9.96. The zero-order chi connectivity index (χ0) is 8.20. The van der Waals surface area contributed by atoms with Crippen LogP contribution in [0.3, 0.4) is 0 Å². The van der Waals surface area contributed by atoms with Crippen LogP contribution in [0.15, 0.2) is 0 Å². The average Bonchev–Trinajstić information content (AvgIpc) is 2.51. The highest BCUT2D eigenvalue weighted by Crippen LogP contribution is 2.31. The minimum atomic E-state index is -0.868. The van der Waals surface area contributed by atoms with Gasteiger partial charge in [-0.25, -0.2) is 0 Å². The third-order valence-corrected chi connectivity index (χ3v) is 1.21. The van der Waals surface area contributed by atoms with Crippen molar-refractivity contribution in [1.82, 2.24) is 0 Å². The normalized spacial score (nSPS) is 18.7. The van der Waals surface area contributed by atoms with E-state index in [0.29, 0.717) is 12.8 Å². The predicted octanol–water partition coefficient (Wildman–Crippen LogP) is 0.807. The zero-order valence-corrected chi connectivity index (χ0v) is 6.69. The van der Waals surface area contributed by atoms with Crippen LogP contribution >= 0.6 is 11.6 Å². The topological polar surface area (TPSA) is 63.3 Å².